The van der Waals surface area contributed by atoms with E-state index in [-0.39, 0.29) is 24.3 Å². The van der Waals surface area contributed by atoms with Crippen LogP contribution in [0.25, 0.3) is 27.8 Å². The third-order valence-electron chi connectivity index (χ3n) is 7.57. The van der Waals surface area contributed by atoms with Gasteiger partial charge >= 0.3 is 0 Å². The van der Waals surface area contributed by atoms with E-state index in [9.17, 15) is 14.0 Å². The number of carbonyl (C=O) groups is 1. The Hall–Kier alpha value is -4.86. The molecule has 0 atom stereocenters. The zero-order chi connectivity index (χ0) is 28.5. The number of nitrogens with zero attached hydrogens (tertiary/aromatic N) is 5. The molecule has 5 aromatic rings. The number of pyridine rings is 2. The predicted molar refractivity (Wildman–Crippen MR) is 154 cm³/mol. The summed E-state index contributed by atoms with van der Waals surface area (Å²) in [7, 11) is 0. The zero-order valence-electron chi connectivity index (χ0n) is 22.6. The lowest BCUT2D eigenvalue weighted by Crippen LogP contribution is -2.27. The van der Waals surface area contributed by atoms with Gasteiger partial charge in [-0.15, -0.1) is 0 Å². The van der Waals surface area contributed by atoms with Crippen molar-refractivity contribution >= 4 is 22.6 Å². The molecule has 208 valence electrons. The smallest absolute Gasteiger partial charge is 0.269 e. The second kappa shape index (κ2) is 11.0. The van der Waals surface area contributed by atoms with Gasteiger partial charge in [0.2, 0.25) is 0 Å². The fraction of sp³-hybridized carbons (Fsp3) is 0.258. The maximum Gasteiger partial charge on any atom is 0.269 e. The molecule has 4 aromatic heterocycles. The fourth-order valence-electron chi connectivity index (χ4n) is 5.59. The van der Waals surface area contributed by atoms with E-state index in [1.54, 1.807) is 25.3 Å². The van der Waals surface area contributed by atoms with Crippen molar-refractivity contribution in [3.05, 3.63) is 94.8 Å². The monoisotopic (exact) mass is 552 g/mol. The molecular formula is C31H29FN6O3. The van der Waals surface area contributed by atoms with Crippen LogP contribution in [0, 0.1) is 5.82 Å². The number of Topliss-reactive ketones (excluding diaryl/α,β-unsaturated/α-hetero) is 1. The number of carbonyl (C=O) groups excluding carboxylic acids is 1. The van der Waals surface area contributed by atoms with Crippen molar-refractivity contribution in [3.63, 3.8) is 0 Å². The SMILES string of the molecule is CCOc1ccn(-c2ccc(F)cc2)c(=O)c1C(=O)Cc1ccc(-c2cn(C3CCCC3)c3ncnc(N)c23)cn1. The lowest BCUT2D eigenvalue weighted by atomic mass is 10.0. The van der Waals surface area contributed by atoms with Crippen molar-refractivity contribution in [1.29, 1.82) is 0 Å². The highest BCUT2D eigenvalue weighted by atomic mass is 19.1. The third-order valence-corrected chi connectivity index (χ3v) is 7.57. The van der Waals surface area contributed by atoms with Crippen LogP contribution >= 0.6 is 0 Å². The summed E-state index contributed by atoms with van der Waals surface area (Å²) < 4.78 is 22.6. The summed E-state index contributed by atoms with van der Waals surface area (Å²) in [6.45, 7) is 2.07. The Morgan fingerprint density at radius 3 is 2.56 bits per heavy atom. The predicted octanol–water partition coefficient (Wildman–Crippen LogP) is 5.30. The molecule has 1 saturated carbocycles. The fourth-order valence-corrected chi connectivity index (χ4v) is 5.59. The minimum Gasteiger partial charge on any atom is -0.493 e. The number of ketones is 1. The van der Waals surface area contributed by atoms with Crippen LogP contribution in [0.1, 0.15) is 54.7 Å². The van der Waals surface area contributed by atoms with E-state index in [1.165, 1.54) is 54.2 Å². The maximum atomic E-state index is 13.5. The van der Waals surface area contributed by atoms with Crippen molar-refractivity contribution in [1.82, 2.24) is 24.1 Å². The maximum absolute atomic E-state index is 13.5. The number of ether oxygens (including phenoxy) is 1. The molecule has 6 rings (SSSR count). The minimum atomic E-state index is -0.542. The summed E-state index contributed by atoms with van der Waals surface area (Å²) in [5.41, 5.74) is 9.14. The van der Waals surface area contributed by atoms with Gasteiger partial charge in [0, 0.05) is 47.1 Å². The second-order valence-corrected chi connectivity index (χ2v) is 10.1. The number of benzene rings is 1. The molecule has 0 unspecified atom stereocenters. The lowest BCUT2D eigenvalue weighted by molar-refractivity contribution is 0.0986. The molecule has 1 aliphatic rings. The van der Waals surface area contributed by atoms with Gasteiger partial charge in [-0.3, -0.25) is 19.1 Å². The second-order valence-electron chi connectivity index (χ2n) is 10.1. The van der Waals surface area contributed by atoms with Crippen LogP contribution in [0.4, 0.5) is 10.2 Å². The van der Waals surface area contributed by atoms with Crippen molar-refractivity contribution in [2.45, 2.75) is 45.1 Å². The minimum absolute atomic E-state index is 0.0749. The molecule has 4 heterocycles. The molecule has 1 fully saturated rings. The number of anilines is 1. The van der Waals surface area contributed by atoms with E-state index in [0.717, 1.165) is 35.0 Å². The van der Waals surface area contributed by atoms with Gasteiger partial charge in [0.05, 0.1) is 18.4 Å². The molecule has 10 heteroatoms. The van der Waals surface area contributed by atoms with Crippen LogP contribution in [0.2, 0.25) is 0 Å². The van der Waals surface area contributed by atoms with E-state index in [2.05, 4.69) is 25.7 Å². The van der Waals surface area contributed by atoms with Crippen molar-refractivity contribution in [2.75, 3.05) is 12.3 Å². The van der Waals surface area contributed by atoms with E-state index in [1.807, 2.05) is 6.07 Å². The first-order chi connectivity index (χ1) is 19.9. The Bertz CT molecular complexity index is 1790. The van der Waals surface area contributed by atoms with Crippen LogP contribution in [-0.2, 0) is 6.42 Å². The van der Waals surface area contributed by atoms with Crippen LogP contribution in [0.5, 0.6) is 5.75 Å². The Balaban J connectivity index is 1.32. The molecule has 0 aliphatic heterocycles. The number of nitrogens with two attached hydrogens (primary N) is 1. The first kappa shape index (κ1) is 26.4. The topological polar surface area (TPSA) is 118 Å². The van der Waals surface area contributed by atoms with Gasteiger partial charge < -0.3 is 15.0 Å². The normalized spacial score (nSPS) is 13.6. The molecule has 41 heavy (non-hydrogen) atoms. The summed E-state index contributed by atoms with van der Waals surface area (Å²) in [5, 5.41) is 0.789. The Labute approximate surface area is 235 Å². The van der Waals surface area contributed by atoms with E-state index in [4.69, 9.17) is 10.5 Å². The van der Waals surface area contributed by atoms with Crippen molar-refractivity contribution in [2.24, 2.45) is 0 Å². The first-order valence-corrected chi connectivity index (χ1v) is 13.7. The number of aromatic nitrogens is 5. The standard InChI is InChI=1S/C31H29FN6O3/c1-2-41-26-13-14-37(23-11-8-20(32)9-12-23)31(40)28(26)25(39)15-21-10-7-19(16-34-21)24-17-38(22-5-3-4-6-22)30-27(24)29(33)35-18-36-30/h7-14,16-18,22H,2-6,15H2,1H3,(H2,33,35,36). The highest BCUT2D eigenvalue weighted by Crippen LogP contribution is 2.38. The van der Waals surface area contributed by atoms with Crippen molar-refractivity contribution < 1.29 is 13.9 Å². The molecule has 1 aromatic carbocycles. The third kappa shape index (κ3) is 4.97. The van der Waals surface area contributed by atoms with E-state index in [0.29, 0.717) is 23.2 Å². The molecule has 0 bridgehead atoms. The molecule has 0 saturated heterocycles. The number of halogens is 1. The Morgan fingerprint density at radius 1 is 1.07 bits per heavy atom. The first-order valence-electron chi connectivity index (χ1n) is 13.7. The number of hydrogen-bond acceptors (Lipinski definition) is 7. The average molecular weight is 553 g/mol. The summed E-state index contributed by atoms with van der Waals surface area (Å²) in [5.74, 6) is -0.235. The van der Waals surface area contributed by atoms with Gasteiger partial charge in [-0.1, -0.05) is 18.9 Å². The number of rotatable bonds is 8. The van der Waals surface area contributed by atoms with Gasteiger partial charge in [0.15, 0.2) is 5.78 Å². The van der Waals surface area contributed by atoms with E-state index < -0.39 is 17.2 Å². The Kier molecular flexibility index (Phi) is 7.05. The number of nitrogen functional groups attached to an aromatic ring is 1. The van der Waals surface area contributed by atoms with Gasteiger partial charge in [-0.05, 0) is 56.2 Å². The van der Waals surface area contributed by atoms with Crippen LogP contribution in [0.15, 0.2) is 72.2 Å². The molecule has 2 N–H and O–H groups in total. The van der Waals surface area contributed by atoms with Gasteiger partial charge in [-0.25, -0.2) is 14.4 Å². The highest BCUT2D eigenvalue weighted by Gasteiger charge is 2.24. The lowest BCUT2D eigenvalue weighted by Gasteiger charge is -2.13. The largest absolute Gasteiger partial charge is 0.493 e. The highest BCUT2D eigenvalue weighted by molar-refractivity contribution is 6.01. The quantitative estimate of drug-likeness (QED) is 0.259. The summed E-state index contributed by atoms with van der Waals surface area (Å²) in [4.78, 5) is 40.2. The van der Waals surface area contributed by atoms with Crippen LogP contribution < -0.4 is 16.0 Å². The van der Waals surface area contributed by atoms with Gasteiger partial charge in [0.1, 0.15) is 34.9 Å². The number of fused-ring (bicyclic) bond motifs is 1. The molecule has 1 aliphatic carbocycles. The van der Waals surface area contributed by atoms with Crippen LogP contribution in [-0.4, -0.2) is 36.5 Å². The van der Waals surface area contributed by atoms with Crippen LogP contribution in [0.3, 0.4) is 0 Å². The summed E-state index contributed by atoms with van der Waals surface area (Å²) >= 11 is 0. The summed E-state index contributed by atoms with van der Waals surface area (Å²) in [6, 6.07) is 11.1. The molecule has 0 amide bonds. The molecule has 9 nitrogen and oxygen atoms in total. The summed E-state index contributed by atoms with van der Waals surface area (Å²) in [6.07, 6.45) is 11.2. The van der Waals surface area contributed by atoms with E-state index >= 15 is 0 Å². The Morgan fingerprint density at radius 2 is 1.85 bits per heavy atom. The molecular weight excluding hydrogens is 523 g/mol. The molecule has 0 spiro atoms. The number of hydrogen-bond donors (Lipinski definition) is 1. The molecule has 0 radical (unpaired) electrons. The van der Waals surface area contributed by atoms with Crippen molar-refractivity contribution in [3.8, 4) is 22.6 Å². The van der Waals surface area contributed by atoms with Gasteiger partial charge in [-0.2, -0.15) is 0 Å². The zero-order valence-corrected chi connectivity index (χ0v) is 22.6. The average Bonchev–Trinajstić information content (AvgIpc) is 3.64. The van der Waals surface area contributed by atoms with Gasteiger partial charge in [0.25, 0.3) is 5.56 Å².